The van der Waals surface area contributed by atoms with Gasteiger partial charge in [0.15, 0.2) is 5.78 Å². The zero-order chi connectivity index (χ0) is 19.5. The lowest BCUT2D eigenvalue weighted by atomic mass is 10.1. The van der Waals surface area contributed by atoms with E-state index >= 15 is 0 Å². The predicted molar refractivity (Wildman–Crippen MR) is 79.9 cm³/mol. The van der Waals surface area contributed by atoms with E-state index in [2.05, 4.69) is 5.32 Å². The fourth-order valence-electron chi connectivity index (χ4n) is 1.96. The number of allylic oxidation sites excluding steroid dienone is 1. The number of carbonyl (C=O) groups is 1. The van der Waals surface area contributed by atoms with Gasteiger partial charge in [-0.15, -0.1) is 0 Å². The highest BCUT2D eigenvalue weighted by molar-refractivity contribution is 6.04. The quantitative estimate of drug-likeness (QED) is 0.423. The van der Waals surface area contributed by atoms with Gasteiger partial charge >= 0.3 is 12.4 Å². The molecule has 0 amide bonds. The van der Waals surface area contributed by atoms with Crippen LogP contribution in [0.2, 0.25) is 0 Å². The second-order valence-electron chi connectivity index (χ2n) is 5.14. The van der Waals surface area contributed by atoms with Gasteiger partial charge in [-0.3, -0.25) is 4.79 Å². The molecule has 0 unspecified atom stereocenters. The van der Waals surface area contributed by atoms with Crippen LogP contribution in [0.1, 0.15) is 21.5 Å². The smallest absolute Gasteiger partial charge is 0.362 e. The zero-order valence-electron chi connectivity index (χ0n) is 12.8. The molecule has 0 fully saturated rings. The summed E-state index contributed by atoms with van der Waals surface area (Å²) < 4.78 is 89.2. The van der Waals surface area contributed by atoms with E-state index in [1.54, 1.807) is 0 Å². The number of nitrogens with one attached hydrogen (secondary N) is 1. The third-order valence-electron chi connectivity index (χ3n) is 3.20. The van der Waals surface area contributed by atoms with Crippen molar-refractivity contribution in [3.63, 3.8) is 0 Å². The number of ketones is 1. The van der Waals surface area contributed by atoms with Crippen molar-refractivity contribution in [2.45, 2.75) is 12.4 Å². The summed E-state index contributed by atoms with van der Waals surface area (Å²) in [5.41, 5.74) is -3.35. The van der Waals surface area contributed by atoms with Crippen molar-refractivity contribution in [3.05, 3.63) is 77.2 Å². The van der Waals surface area contributed by atoms with Gasteiger partial charge in [0, 0.05) is 23.5 Å². The highest BCUT2D eigenvalue weighted by Gasteiger charge is 2.36. The standard InChI is InChI=1S/C17H10F7NO/c18-13-3-1-10(2-4-13)15(26)5-6-25-14-8-11(16(19,20)21)7-12(9-14)17(22,23)24/h1-9,25H/b6-5+. The molecule has 0 atom stereocenters. The monoisotopic (exact) mass is 377 g/mol. The van der Waals surface area contributed by atoms with Crippen molar-refractivity contribution in [3.8, 4) is 0 Å². The van der Waals surface area contributed by atoms with Gasteiger partial charge in [-0.1, -0.05) is 0 Å². The van der Waals surface area contributed by atoms with Gasteiger partial charge in [0.25, 0.3) is 0 Å². The topological polar surface area (TPSA) is 29.1 Å². The molecule has 0 heterocycles. The molecule has 0 saturated heterocycles. The lowest BCUT2D eigenvalue weighted by Crippen LogP contribution is -2.11. The SMILES string of the molecule is O=C(/C=C/Nc1cc(C(F)(F)F)cc(C(F)(F)F)c1)c1ccc(F)cc1. The number of anilines is 1. The molecular weight excluding hydrogens is 367 g/mol. The van der Waals surface area contributed by atoms with E-state index in [1.807, 2.05) is 0 Å². The highest BCUT2D eigenvalue weighted by atomic mass is 19.4. The van der Waals surface area contributed by atoms with E-state index in [0.717, 1.165) is 24.4 Å². The minimum Gasteiger partial charge on any atom is -0.362 e. The summed E-state index contributed by atoms with van der Waals surface area (Å²) >= 11 is 0. The first kappa shape index (κ1) is 19.5. The molecule has 9 heteroatoms. The maximum atomic E-state index is 12.8. The number of carbonyl (C=O) groups excluding carboxylic acids is 1. The molecular formula is C17H10F7NO. The van der Waals surface area contributed by atoms with Gasteiger partial charge in [-0.2, -0.15) is 26.3 Å². The van der Waals surface area contributed by atoms with Crippen LogP contribution < -0.4 is 5.32 Å². The molecule has 0 bridgehead atoms. The molecule has 0 spiro atoms. The van der Waals surface area contributed by atoms with Gasteiger partial charge in [-0.25, -0.2) is 4.39 Å². The van der Waals surface area contributed by atoms with Crippen LogP contribution in [0.15, 0.2) is 54.7 Å². The van der Waals surface area contributed by atoms with Gasteiger partial charge in [0.2, 0.25) is 0 Å². The highest BCUT2D eigenvalue weighted by Crippen LogP contribution is 2.37. The largest absolute Gasteiger partial charge is 0.416 e. The Morgan fingerprint density at radius 1 is 0.846 bits per heavy atom. The summed E-state index contributed by atoms with van der Waals surface area (Å²) in [6.45, 7) is 0. The Bertz CT molecular complexity index is 788. The summed E-state index contributed by atoms with van der Waals surface area (Å²) in [5.74, 6) is -1.17. The predicted octanol–water partition coefficient (Wildman–Crippen LogP) is 5.67. The number of halogens is 7. The van der Waals surface area contributed by atoms with E-state index < -0.39 is 40.8 Å². The van der Waals surface area contributed by atoms with Crippen LogP contribution in [0.25, 0.3) is 0 Å². The second-order valence-corrected chi connectivity index (χ2v) is 5.14. The average molecular weight is 377 g/mol. The molecule has 0 aromatic heterocycles. The van der Waals surface area contributed by atoms with Gasteiger partial charge < -0.3 is 5.32 Å². The second kappa shape index (κ2) is 7.19. The fraction of sp³-hybridized carbons (Fsp3) is 0.118. The maximum absolute atomic E-state index is 12.8. The Hall–Kier alpha value is -2.84. The van der Waals surface area contributed by atoms with E-state index in [4.69, 9.17) is 0 Å². The molecule has 2 rings (SSSR count). The van der Waals surface area contributed by atoms with Crippen LogP contribution in [0, 0.1) is 5.82 Å². The van der Waals surface area contributed by atoms with Crippen LogP contribution in [-0.4, -0.2) is 5.78 Å². The zero-order valence-corrected chi connectivity index (χ0v) is 12.8. The fourth-order valence-corrected chi connectivity index (χ4v) is 1.96. The van der Waals surface area contributed by atoms with Crippen molar-refractivity contribution >= 4 is 11.5 Å². The first-order chi connectivity index (χ1) is 12.0. The van der Waals surface area contributed by atoms with Crippen LogP contribution in [0.5, 0.6) is 0 Å². The van der Waals surface area contributed by atoms with E-state index in [1.165, 1.54) is 12.1 Å². The Balaban J connectivity index is 2.23. The number of alkyl halides is 6. The van der Waals surface area contributed by atoms with Crippen LogP contribution in [0.4, 0.5) is 36.4 Å². The maximum Gasteiger partial charge on any atom is 0.416 e. The van der Waals surface area contributed by atoms with Crippen molar-refractivity contribution in [1.29, 1.82) is 0 Å². The number of hydrogen-bond acceptors (Lipinski definition) is 2. The summed E-state index contributed by atoms with van der Waals surface area (Å²) in [7, 11) is 0. The first-order valence-corrected chi connectivity index (χ1v) is 6.99. The van der Waals surface area contributed by atoms with E-state index in [0.29, 0.717) is 12.1 Å². The Morgan fingerprint density at radius 2 is 1.35 bits per heavy atom. The van der Waals surface area contributed by atoms with Crippen molar-refractivity contribution in [2.24, 2.45) is 0 Å². The third kappa shape index (κ3) is 5.08. The molecule has 26 heavy (non-hydrogen) atoms. The van der Waals surface area contributed by atoms with Crippen LogP contribution >= 0.6 is 0 Å². The molecule has 0 aliphatic carbocycles. The lowest BCUT2D eigenvalue weighted by Gasteiger charge is -2.14. The first-order valence-electron chi connectivity index (χ1n) is 6.99. The summed E-state index contributed by atoms with van der Waals surface area (Å²) in [6.07, 6.45) is -8.13. The summed E-state index contributed by atoms with van der Waals surface area (Å²) in [5, 5.41) is 2.21. The minimum absolute atomic E-state index is 0.00143. The number of hydrogen-bond donors (Lipinski definition) is 1. The summed E-state index contributed by atoms with van der Waals surface area (Å²) in [4.78, 5) is 11.8. The van der Waals surface area contributed by atoms with Crippen molar-refractivity contribution in [2.75, 3.05) is 5.32 Å². The van der Waals surface area contributed by atoms with Crippen LogP contribution in [-0.2, 0) is 12.4 Å². The molecule has 2 aromatic carbocycles. The van der Waals surface area contributed by atoms with Crippen molar-refractivity contribution in [1.82, 2.24) is 0 Å². The third-order valence-corrected chi connectivity index (χ3v) is 3.20. The van der Waals surface area contributed by atoms with Gasteiger partial charge in [-0.05, 0) is 42.5 Å². The van der Waals surface area contributed by atoms with E-state index in [9.17, 15) is 35.5 Å². The molecule has 2 aromatic rings. The molecule has 0 aliphatic heterocycles. The Morgan fingerprint density at radius 3 is 1.81 bits per heavy atom. The Labute approximate surface area is 142 Å². The molecule has 0 aliphatic rings. The lowest BCUT2D eigenvalue weighted by molar-refractivity contribution is -0.143. The molecule has 138 valence electrons. The average Bonchev–Trinajstić information content (AvgIpc) is 2.53. The molecule has 1 N–H and O–H groups in total. The number of benzene rings is 2. The minimum atomic E-state index is -4.97. The molecule has 0 saturated carbocycles. The summed E-state index contributed by atoms with van der Waals surface area (Å²) in [6, 6.07) is 5.43. The molecule has 2 nitrogen and oxygen atoms in total. The van der Waals surface area contributed by atoms with Crippen molar-refractivity contribution < 1.29 is 35.5 Å². The molecule has 0 radical (unpaired) electrons. The van der Waals surface area contributed by atoms with Gasteiger partial charge in [0.1, 0.15) is 5.82 Å². The normalized spacial score (nSPS) is 12.4. The number of rotatable bonds is 4. The van der Waals surface area contributed by atoms with E-state index in [-0.39, 0.29) is 11.6 Å². The van der Waals surface area contributed by atoms with Gasteiger partial charge in [0.05, 0.1) is 11.1 Å². The Kier molecular flexibility index (Phi) is 5.38. The van der Waals surface area contributed by atoms with Crippen LogP contribution in [0.3, 0.4) is 0 Å².